The van der Waals surface area contributed by atoms with Crippen LogP contribution < -0.4 is 19.7 Å². The van der Waals surface area contributed by atoms with Crippen LogP contribution in [0.3, 0.4) is 0 Å². The molecule has 1 N–H and O–H groups in total. The van der Waals surface area contributed by atoms with Gasteiger partial charge in [-0.2, -0.15) is 4.31 Å². The molecule has 4 rings (SSSR count). The maximum Gasteiger partial charge on any atom is 0.243 e. The highest BCUT2D eigenvalue weighted by Gasteiger charge is 2.34. The highest BCUT2D eigenvalue weighted by Crippen LogP contribution is 2.33. The van der Waals surface area contributed by atoms with Crippen molar-refractivity contribution in [3.63, 3.8) is 0 Å². The minimum Gasteiger partial charge on any atom is -0.493 e. The Balaban J connectivity index is 1.49. The molecule has 1 saturated heterocycles. The van der Waals surface area contributed by atoms with E-state index in [-0.39, 0.29) is 23.3 Å². The molecule has 10 heteroatoms. The van der Waals surface area contributed by atoms with Crippen LogP contribution in [0.15, 0.2) is 41.3 Å². The molecule has 2 aliphatic rings. The Kier molecular flexibility index (Phi) is 7.32. The third kappa shape index (κ3) is 5.13. The molecule has 2 amide bonds. The molecule has 2 aromatic carbocycles. The number of carbonyl (C=O) groups excluding carboxylic acids is 2. The summed E-state index contributed by atoms with van der Waals surface area (Å²) in [4.78, 5) is 26.8. The van der Waals surface area contributed by atoms with E-state index < -0.39 is 15.9 Å². The number of fused-ring (bicyclic) bond motifs is 1. The average molecular weight is 502 g/mol. The van der Waals surface area contributed by atoms with Crippen LogP contribution in [-0.4, -0.2) is 58.4 Å². The number of nitrogens with one attached hydrogen (secondary N) is 1. The number of amides is 2. The number of sulfonamides is 1. The molecule has 0 aromatic heterocycles. The van der Waals surface area contributed by atoms with Crippen LogP contribution in [0.2, 0.25) is 0 Å². The summed E-state index contributed by atoms with van der Waals surface area (Å²) in [5, 5.41) is 2.87. The predicted molar refractivity (Wildman–Crippen MR) is 132 cm³/mol. The molecule has 0 bridgehead atoms. The Labute approximate surface area is 206 Å². The van der Waals surface area contributed by atoms with Crippen molar-refractivity contribution in [2.75, 3.05) is 44.1 Å². The summed E-state index contributed by atoms with van der Waals surface area (Å²) in [7, 11) is -0.723. The SMILES string of the molecule is COc1ccc(NC(=O)[C@H]2CCCN(S(=O)(=O)c3ccc4c(c3)CCCN4C(C)=O)C2)cc1OC. The largest absolute Gasteiger partial charge is 0.493 e. The zero-order valence-corrected chi connectivity index (χ0v) is 21.1. The molecule has 188 valence electrons. The van der Waals surface area contributed by atoms with E-state index >= 15 is 0 Å². The normalized spacial score (nSPS) is 18.5. The molecular weight excluding hydrogens is 470 g/mol. The molecule has 1 atom stereocenters. The molecular formula is C25H31N3O6S. The van der Waals surface area contributed by atoms with Gasteiger partial charge in [-0.3, -0.25) is 9.59 Å². The molecule has 0 unspecified atom stereocenters. The zero-order valence-electron chi connectivity index (χ0n) is 20.2. The molecule has 0 aliphatic carbocycles. The number of nitrogens with zero attached hydrogens (tertiary/aromatic N) is 2. The molecule has 9 nitrogen and oxygen atoms in total. The van der Waals surface area contributed by atoms with E-state index in [1.165, 1.54) is 25.4 Å². The number of rotatable bonds is 6. The maximum absolute atomic E-state index is 13.5. The number of anilines is 2. The number of ether oxygens (including phenoxy) is 2. The van der Waals surface area contributed by atoms with Crippen molar-refractivity contribution in [2.24, 2.45) is 5.92 Å². The van der Waals surface area contributed by atoms with Crippen molar-refractivity contribution in [3.8, 4) is 11.5 Å². The standard InChI is InChI=1S/C25H31N3O6S/c1-17(29)28-13-5-6-18-14-21(9-10-22(18)28)35(31,32)27-12-4-7-19(16-27)25(30)26-20-8-11-23(33-2)24(15-20)34-3/h8-11,14-15,19H,4-7,12-13,16H2,1-3H3,(H,26,30)/t19-/m0/s1. The predicted octanol–water partition coefficient (Wildman–Crippen LogP) is 3.04. The highest BCUT2D eigenvalue weighted by atomic mass is 32.2. The Hall–Kier alpha value is -3.11. The van der Waals surface area contributed by atoms with E-state index in [9.17, 15) is 18.0 Å². The topological polar surface area (TPSA) is 105 Å². The molecule has 1 fully saturated rings. The van der Waals surface area contributed by atoms with E-state index in [1.54, 1.807) is 41.3 Å². The third-order valence-corrected chi connectivity index (χ3v) is 8.45. The maximum atomic E-state index is 13.5. The quantitative estimate of drug-likeness (QED) is 0.652. The van der Waals surface area contributed by atoms with Gasteiger partial charge in [-0.05, 0) is 61.6 Å². The number of benzene rings is 2. The van der Waals surface area contributed by atoms with Gasteiger partial charge in [-0.1, -0.05) is 0 Å². The van der Waals surface area contributed by atoms with Crippen LogP contribution in [0.25, 0.3) is 0 Å². The van der Waals surface area contributed by atoms with Crippen LogP contribution in [0.1, 0.15) is 31.7 Å². The number of hydrogen-bond acceptors (Lipinski definition) is 6. The number of carbonyl (C=O) groups is 2. The van der Waals surface area contributed by atoms with Crippen LogP contribution >= 0.6 is 0 Å². The first-order chi connectivity index (χ1) is 16.7. The second-order valence-corrected chi connectivity index (χ2v) is 10.8. The van der Waals surface area contributed by atoms with Crippen molar-refractivity contribution in [1.29, 1.82) is 0 Å². The Morgan fingerprint density at radius 1 is 1.00 bits per heavy atom. The van der Waals surface area contributed by atoms with Crippen molar-refractivity contribution < 1.29 is 27.5 Å². The lowest BCUT2D eigenvalue weighted by atomic mass is 9.98. The lowest BCUT2D eigenvalue weighted by Crippen LogP contribution is -2.43. The van der Waals surface area contributed by atoms with Gasteiger partial charge in [0.15, 0.2) is 11.5 Å². The summed E-state index contributed by atoms with van der Waals surface area (Å²) >= 11 is 0. The number of methoxy groups -OCH3 is 2. The molecule has 2 aromatic rings. The van der Waals surface area contributed by atoms with Crippen molar-refractivity contribution in [3.05, 3.63) is 42.0 Å². The molecule has 0 spiro atoms. The van der Waals surface area contributed by atoms with Gasteiger partial charge in [-0.25, -0.2) is 8.42 Å². The monoisotopic (exact) mass is 501 g/mol. The van der Waals surface area contributed by atoms with E-state index in [0.717, 1.165) is 24.1 Å². The average Bonchev–Trinajstić information content (AvgIpc) is 2.87. The number of piperidine rings is 1. The van der Waals surface area contributed by atoms with E-state index in [4.69, 9.17) is 9.47 Å². The van der Waals surface area contributed by atoms with E-state index in [1.807, 2.05) is 0 Å². The molecule has 2 aliphatic heterocycles. The summed E-state index contributed by atoms with van der Waals surface area (Å²) in [6, 6.07) is 10.0. The van der Waals surface area contributed by atoms with Gasteiger partial charge in [0.2, 0.25) is 21.8 Å². The van der Waals surface area contributed by atoms with Gasteiger partial charge in [-0.15, -0.1) is 0 Å². The second kappa shape index (κ2) is 10.2. The Bertz CT molecular complexity index is 1230. The van der Waals surface area contributed by atoms with Gasteiger partial charge in [0, 0.05) is 44.0 Å². The van der Waals surface area contributed by atoms with Gasteiger partial charge in [0.25, 0.3) is 0 Å². The summed E-state index contributed by atoms with van der Waals surface area (Å²) in [5.74, 6) is 0.281. The summed E-state index contributed by atoms with van der Waals surface area (Å²) in [6.45, 7) is 2.62. The first-order valence-corrected chi connectivity index (χ1v) is 13.1. The van der Waals surface area contributed by atoms with Crippen LogP contribution in [0, 0.1) is 5.92 Å². The van der Waals surface area contributed by atoms with Gasteiger partial charge < -0.3 is 19.7 Å². The highest BCUT2D eigenvalue weighted by molar-refractivity contribution is 7.89. The van der Waals surface area contributed by atoms with Crippen LogP contribution in [0.4, 0.5) is 11.4 Å². The van der Waals surface area contributed by atoms with E-state index in [0.29, 0.717) is 43.1 Å². The zero-order chi connectivity index (χ0) is 25.2. The molecule has 0 saturated carbocycles. The van der Waals surface area contributed by atoms with Crippen molar-refractivity contribution in [2.45, 2.75) is 37.5 Å². The van der Waals surface area contributed by atoms with Crippen molar-refractivity contribution in [1.82, 2.24) is 4.31 Å². The molecule has 0 radical (unpaired) electrons. The minimum absolute atomic E-state index is 0.0547. The number of aryl methyl sites for hydroxylation is 1. The van der Waals surface area contributed by atoms with E-state index in [2.05, 4.69) is 5.32 Å². The molecule has 35 heavy (non-hydrogen) atoms. The second-order valence-electron chi connectivity index (χ2n) is 8.83. The summed E-state index contributed by atoms with van der Waals surface area (Å²) in [5.41, 5.74) is 2.18. The summed E-state index contributed by atoms with van der Waals surface area (Å²) < 4.78 is 38.8. The smallest absolute Gasteiger partial charge is 0.243 e. The molecule has 2 heterocycles. The lowest BCUT2D eigenvalue weighted by Gasteiger charge is -2.32. The first-order valence-electron chi connectivity index (χ1n) is 11.7. The fourth-order valence-corrected chi connectivity index (χ4v) is 6.32. The van der Waals surface area contributed by atoms with Crippen LogP contribution in [-0.2, 0) is 26.0 Å². The first kappa shape index (κ1) is 25.0. The lowest BCUT2D eigenvalue weighted by molar-refractivity contribution is -0.121. The number of hydrogen-bond donors (Lipinski definition) is 1. The van der Waals surface area contributed by atoms with Gasteiger partial charge in [0.05, 0.1) is 25.0 Å². The Morgan fingerprint density at radius 3 is 2.49 bits per heavy atom. The van der Waals surface area contributed by atoms with Crippen LogP contribution in [0.5, 0.6) is 11.5 Å². The van der Waals surface area contributed by atoms with Crippen molar-refractivity contribution >= 4 is 33.2 Å². The summed E-state index contributed by atoms with van der Waals surface area (Å²) in [6.07, 6.45) is 2.70. The minimum atomic E-state index is -3.78. The fourth-order valence-electron chi connectivity index (χ4n) is 4.74. The Morgan fingerprint density at radius 2 is 1.77 bits per heavy atom. The fraction of sp³-hybridized carbons (Fsp3) is 0.440. The van der Waals surface area contributed by atoms with Gasteiger partial charge >= 0.3 is 0 Å². The van der Waals surface area contributed by atoms with Gasteiger partial charge in [0.1, 0.15) is 0 Å². The third-order valence-electron chi connectivity index (χ3n) is 6.59.